The molecule has 0 radical (unpaired) electrons. The van der Waals surface area contributed by atoms with E-state index in [-0.39, 0.29) is 0 Å². The Morgan fingerprint density at radius 1 is 1.40 bits per heavy atom. The highest BCUT2D eigenvalue weighted by Gasteiger charge is 2.18. The lowest BCUT2D eigenvalue weighted by atomic mass is 10.0. The van der Waals surface area contributed by atoms with Gasteiger partial charge in [-0.05, 0) is 60.8 Å². The van der Waals surface area contributed by atoms with E-state index in [2.05, 4.69) is 46.1 Å². The van der Waals surface area contributed by atoms with E-state index in [4.69, 9.17) is 11.6 Å². The van der Waals surface area contributed by atoms with Gasteiger partial charge >= 0.3 is 0 Å². The lowest BCUT2D eigenvalue weighted by Gasteiger charge is -2.32. The van der Waals surface area contributed by atoms with Crippen molar-refractivity contribution in [2.24, 2.45) is 0 Å². The summed E-state index contributed by atoms with van der Waals surface area (Å²) in [6, 6.07) is 6.46. The molecular formula is C16H22BrClN2. The van der Waals surface area contributed by atoms with E-state index in [1.165, 1.54) is 18.4 Å². The number of anilines is 1. The molecule has 0 atom stereocenters. The van der Waals surface area contributed by atoms with Gasteiger partial charge in [-0.1, -0.05) is 23.3 Å². The first-order chi connectivity index (χ1) is 9.54. The van der Waals surface area contributed by atoms with Crippen molar-refractivity contribution in [3.8, 4) is 0 Å². The van der Waals surface area contributed by atoms with Gasteiger partial charge in [0.2, 0.25) is 0 Å². The van der Waals surface area contributed by atoms with Gasteiger partial charge in [0.25, 0.3) is 0 Å². The third-order valence-corrected chi connectivity index (χ3v) is 4.53. The molecular weight excluding hydrogens is 336 g/mol. The van der Waals surface area contributed by atoms with Crippen LogP contribution in [0.3, 0.4) is 0 Å². The minimum Gasteiger partial charge on any atom is -0.381 e. The minimum atomic E-state index is 0.551. The van der Waals surface area contributed by atoms with Gasteiger partial charge in [-0.2, -0.15) is 0 Å². The average molecular weight is 358 g/mol. The molecule has 1 N–H and O–H groups in total. The fraction of sp³-hybridized carbons (Fsp3) is 0.500. The van der Waals surface area contributed by atoms with E-state index in [0.29, 0.717) is 6.04 Å². The number of piperidine rings is 1. The van der Waals surface area contributed by atoms with Crippen molar-refractivity contribution in [3.63, 3.8) is 0 Å². The Balaban J connectivity index is 1.83. The summed E-state index contributed by atoms with van der Waals surface area (Å²) in [5, 5.41) is 4.38. The van der Waals surface area contributed by atoms with Gasteiger partial charge in [-0.15, -0.1) is 0 Å². The van der Waals surface area contributed by atoms with Crippen LogP contribution in [0.2, 0.25) is 5.02 Å². The molecule has 1 aliphatic rings. The normalized spacial score (nSPS) is 17.0. The van der Waals surface area contributed by atoms with E-state index < -0.39 is 0 Å². The van der Waals surface area contributed by atoms with Gasteiger partial charge in [0, 0.05) is 40.9 Å². The highest BCUT2D eigenvalue weighted by atomic mass is 79.9. The fourth-order valence-corrected chi connectivity index (χ4v) is 3.20. The maximum Gasteiger partial charge on any atom is 0.0487 e. The van der Waals surface area contributed by atoms with E-state index in [9.17, 15) is 0 Å². The number of nitrogens with zero attached hydrogens (tertiary/aromatic N) is 1. The van der Waals surface area contributed by atoms with Gasteiger partial charge in [-0.3, -0.25) is 4.90 Å². The Morgan fingerprint density at radius 2 is 2.10 bits per heavy atom. The van der Waals surface area contributed by atoms with Crippen LogP contribution in [-0.4, -0.2) is 30.6 Å². The molecule has 0 aliphatic carbocycles. The Kier molecular flexibility index (Phi) is 5.94. The van der Waals surface area contributed by atoms with Gasteiger partial charge < -0.3 is 5.32 Å². The monoisotopic (exact) mass is 356 g/mol. The van der Waals surface area contributed by atoms with Crippen molar-refractivity contribution in [2.45, 2.75) is 32.7 Å². The zero-order chi connectivity index (χ0) is 14.5. The minimum absolute atomic E-state index is 0.551. The first-order valence-electron chi connectivity index (χ1n) is 7.12. The molecule has 2 nitrogen and oxygen atoms in total. The van der Waals surface area contributed by atoms with Gasteiger partial charge in [0.05, 0.1) is 0 Å². The van der Waals surface area contributed by atoms with Crippen LogP contribution in [0, 0.1) is 0 Å². The molecule has 110 valence electrons. The molecule has 1 aromatic rings. The SMILES string of the molecule is CC(C)=CCN1CCC(Nc2ccc(Cl)cc2Br)CC1. The third-order valence-electron chi connectivity index (χ3n) is 3.64. The number of hydrogen-bond acceptors (Lipinski definition) is 2. The fourth-order valence-electron chi connectivity index (χ4n) is 2.40. The summed E-state index contributed by atoms with van der Waals surface area (Å²) >= 11 is 9.53. The van der Waals surface area contributed by atoms with Crippen LogP contribution < -0.4 is 5.32 Å². The Labute approximate surface area is 135 Å². The van der Waals surface area contributed by atoms with Gasteiger partial charge in [-0.25, -0.2) is 0 Å². The molecule has 0 bridgehead atoms. The van der Waals surface area contributed by atoms with Crippen molar-refractivity contribution in [2.75, 3.05) is 25.0 Å². The smallest absolute Gasteiger partial charge is 0.0487 e. The highest BCUT2D eigenvalue weighted by Crippen LogP contribution is 2.27. The topological polar surface area (TPSA) is 15.3 Å². The first-order valence-corrected chi connectivity index (χ1v) is 8.29. The van der Waals surface area contributed by atoms with E-state index in [1.807, 2.05) is 18.2 Å². The highest BCUT2D eigenvalue weighted by molar-refractivity contribution is 9.10. The maximum absolute atomic E-state index is 5.97. The summed E-state index contributed by atoms with van der Waals surface area (Å²) in [4.78, 5) is 2.52. The molecule has 1 aromatic carbocycles. The molecule has 0 aromatic heterocycles. The molecule has 0 spiro atoms. The van der Waals surface area contributed by atoms with E-state index in [1.54, 1.807) is 0 Å². The second-order valence-electron chi connectivity index (χ2n) is 5.62. The second kappa shape index (κ2) is 7.48. The average Bonchev–Trinajstić information content (AvgIpc) is 2.41. The van der Waals surface area contributed by atoms with Crippen LogP contribution in [0.25, 0.3) is 0 Å². The molecule has 20 heavy (non-hydrogen) atoms. The van der Waals surface area contributed by atoms with Gasteiger partial charge in [0.15, 0.2) is 0 Å². The number of halogens is 2. The molecule has 1 aliphatic heterocycles. The number of rotatable bonds is 4. The van der Waals surface area contributed by atoms with Gasteiger partial charge in [0.1, 0.15) is 0 Å². The van der Waals surface area contributed by atoms with E-state index in [0.717, 1.165) is 34.8 Å². The van der Waals surface area contributed by atoms with E-state index >= 15 is 0 Å². The summed E-state index contributed by atoms with van der Waals surface area (Å²) < 4.78 is 1.04. The Bertz CT molecular complexity index is 475. The Hall–Kier alpha value is -0.510. The number of nitrogens with one attached hydrogen (secondary N) is 1. The molecule has 1 heterocycles. The maximum atomic E-state index is 5.97. The number of likely N-dealkylation sites (tertiary alicyclic amines) is 1. The largest absolute Gasteiger partial charge is 0.381 e. The summed E-state index contributed by atoms with van der Waals surface area (Å²) in [5.74, 6) is 0. The number of hydrogen-bond donors (Lipinski definition) is 1. The predicted molar refractivity (Wildman–Crippen MR) is 91.7 cm³/mol. The molecule has 2 rings (SSSR count). The number of benzene rings is 1. The van der Waals surface area contributed by atoms with Crippen LogP contribution in [0.15, 0.2) is 34.3 Å². The van der Waals surface area contributed by atoms with Crippen LogP contribution in [0.5, 0.6) is 0 Å². The van der Waals surface area contributed by atoms with Crippen LogP contribution in [-0.2, 0) is 0 Å². The molecule has 4 heteroatoms. The zero-order valence-electron chi connectivity index (χ0n) is 12.1. The quantitative estimate of drug-likeness (QED) is 0.767. The van der Waals surface area contributed by atoms with Crippen molar-refractivity contribution >= 4 is 33.2 Å². The molecule has 1 fully saturated rings. The summed E-state index contributed by atoms with van der Waals surface area (Å²) in [7, 11) is 0. The lowest BCUT2D eigenvalue weighted by Crippen LogP contribution is -2.39. The second-order valence-corrected chi connectivity index (χ2v) is 6.92. The Morgan fingerprint density at radius 3 is 2.70 bits per heavy atom. The number of allylic oxidation sites excluding steroid dienone is 1. The predicted octanol–water partition coefficient (Wildman–Crippen LogP) is 4.95. The summed E-state index contributed by atoms with van der Waals surface area (Å²) in [6.45, 7) is 7.72. The molecule has 0 unspecified atom stereocenters. The third kappa shape index (κ3) is 4.80. The van der Waals surface area contributed by atoms with Crippen molar-refractivity contribution in [1.82, 2.24) is 4.90 Å². The molecule has 1 saturated heterocycles. The van der Waals surface area contributed by atoms with Crippen LogP contribution in [0.1, 0.15) is 26.7 Å². The first kappa shape index (κ1) is 15.9. The lowest BCUT2D eigenvalue weighted by molar-refractivity contribution is 0.240. The van der Waals surface area contributed by atoms with Crippen LogP contribution in [0.4, 0.5) is 5.69 Å². The standard InChI is InChI=1S/C16H22BrClN2/c1-12(2)5-8-20-9-6-14(7-10-20)19-16-4-3-13(18)11-15(16)17/h3-5,11,14,19H,6-10H2,1-2H3. The molecule has 0 saturated carbocycles. The summed E-state index contributed by atoms with van der Waals surface area (Å²) in [6.07, 6.45) is 4.68. The zero-order valence-corrected chi connectivity index (χ0v) is 14.5. The van der Waals surface area contributed by atoms with Crippen molar-refractivity contribution in [3.05, 3.63) is 39.3 Å². The molecule has 0 amide bonds. The van der Waals surface area contributed by atoms with Crippen LogP contribution >= 0.6 is 27.5 Å². The van der Waals surface area contributed by atoms with Crippen molar-refractivity contribution < 1.29 is 0 Å². The summed E-state index contributed by atoms with van der Waals surface area (Å²) in [5.41, 5.74) is 2.53. The van der Waals surface area contributed by atoms with Crippen molar-refractivity contribution in [1.29, 1.82) is 0 Å².